The molecule has 0 heterocycles. The number of hydrogen-bond acceptors (Lipinski definition) is 2. The number of nitrogens with one attached hydrogen (secondary N) is 1. The average molecular weight is 303 g/mol. The molecule has 2 rings (SSSR count). The zero-order chi connectivity index (χ0) is 15.6. The molecule has 1 aliphatic rings. The topological polar surface area (TPSA) is 49.3 Å². The molecule has 3 nitrogen and oxygen atoms in total. The Morgan fingerprint density at radius 1 is 1.05 bits per heavy atom. The lowest BCUT2D eigenvalue weighted by Gasteiger charge is -2.20. The minimum atomic E-state index is -0.711. The third-order valence-electron chi connectivity index (χ3n) is 4.63. The number of rotatable bonds is 7. The van der Waals surface area contributed by atoms with Crippen LogP contribution in [0, 0.1) is 5.92 Å². The van der Waals surface area contributed by atoms with Gasteiger partial charge in [0.25, 0.3) is 0 Å². The molecule has 1 aromatic carbocycles. The number of benzene rings is 1. The smallest absolute Gasteiger partial charge is 0.303 e. The van der Waals surface area contributed by atoms with Crippen LogP contribution in [0.5, 0.6) is 0 Å². The second kappa shape index (κ2) is 9.50. The Bertz CT molecular complexity index is 433. The summed E-state index contributed by atoms with van der Waals surface area (Å²) in [6, 6.07) is 8.47. The van der Waals surface area contributed by atoms with E-state index in [9.17, 15) is 4.79 Å². The number of carbonyl (C=O) groups is 1. The summed E-state index contributed by atoms with van der Waals surface area (Å²) in [5, 5.41) is 12.2. The third kappa shape index (κ3) is 6.50. The standard InChI is InChI=1S/C19H29NO2/c21-19(22)10-6-9-16-11-13-18(14-12-16)20-15-17-7-4-2-1-3-5-8-17/h11-14,17,20H,1-10,15H2,(H,21,22). The van der Waals surface area contributed by atoms with E-state index in [-0.39, 0.29) is 6.42 Å². The lowest BCUT2D eigenvalue weighted by atomic mass is 9.91. The van der Waals surface area contributed by atoms with Crippen molar-refractivity contribution in [1.82, 2.24) is 0 Å². The molecule has 122 valence electrons. The fourth-order valence-corrected chi connectivity index (χ4v) is 3.24. The maximum atomic E-state index is 10.5. The van der Waals surface area contributed by atoms with Gasteiger partial charge in [-0.1, -0.05) is 44.2 Å². The highest BCUT2D eigenvalue weighted by Gasteiger charge is 2.11. The van der Waals surface area contributed by atoms with Crippen LogP contribution in [0.15, 0.2) is 24.3 Å². The van der Waals surface area contributed by atoms with Gasteiger partial charge in [0.15, 0.2) is 0 Å². The van der Waals surface area contributed by atoms with Crippen molar-refractivity contribution in [2.75, 3.05) is 11.9 Å². The molecule has 0 aromatic heterocycles. The Hall–Kier alpha value is -1.51. The van der Waals surface area contributed by atoms with Gasteiger partial charge in [0.2, 0.25) is 0 Å². The van der Waals surface area contributed by atoms with Gasteiger partial charge in [-0.2, -0.15) is 0 Å². The molecule has 0 spiro atoms. The quantitative estimate of drug-likeness (QED) is 0.755. The zero-order valence-corrected chi connectivity index (χ0v) is 13.5. The molecule has 3 heteroatoms. The van der Waals surface area contributed by atoms with E-state index in [0.29, 0.717) is 6.42 Å². The first-order chi connectivity index (χ1) is 10.7. The molecule has 1 aliphatic carbocycles. The number of carboxylic acid groups (broad SMARTS) is 1. The highest BCUT2D eigenvalue weighted by Crippen LogP contribution is 2.23. The van der Waals surface area contributed by atoms with Crippen molar-refractivity contribution in [2.24, 2.45) is 5.92 Å². The van der Waals surface area contributed by atoms with Crippen molar-refractivity contribution in [2.45, 2.75) is 64.2 Å². The summed E-state index contributed by atoms with van der Waals surface area (Å²) in [6.07, 6.45) is 11.5. The van der Waals surface area contributed by atoms with Crippen molar-refractivity contribution < 1.29 is 9.90 Å². The summed E-state index contributed by atoms with van der Waals surface area (Å²) in [7, 11) is 0. The second-order valence-electron chi connectivity index (χ2n) is 6.54. The summed E-state index contributed by atoms with van der Waals surface area (Å²) in [4.78, 5) is 10.5. The normalized spacial score (nSPS) is 16.7. The van der Waals surface area contributed by atoms with Crippen molar-refractivity contribution in [3.8, 4) is 0 Å². The maximum absolute atomic E-state index is 10.5. The van der Waals surface area contributed by atoms with E-state index in [4.69, 9.17) is 5.11 Å². The van der Waals surface area contributed by atoms with E-state index in [1.54, 1.807) is 0 Å². The number of aryl methyl sites for hydroxylation is 1. The first-order valence-electron chi connectivity index (χ1n) is 8.78. The third-order valence-corrected chi connectivity index (χ3v) is 4.63. The summed E-state index contributed by atoms with van der Waals surface area (Å²) >= 11 is 0. The Labute approximate surface area is 134 Å². The van der Waals surface area contributed by atoms with Crippen LogP contribution >= 0.6 is 0 Å². The van der Waals surface area contributed by atoms with E-state index in [1.807, 2.05) is 0 Å². The molecule has 0 atom stereocenters. The SMILES string of the molecule is O=C(O)CCCc1ccc(NCC2CCCCCCC2)cc1. The van der Waals surface area contributed by atoms with Crippen LogP contribution in [-0.2, 0) is 11.2 Å². The van der Waals surface area contributed by atoms with Gasteiger partial charge < -0.3 is 10.4 Å². The Morgan fingerprint density at radius 2 is 1.68 bits per heavy atom. The van der Waals surface area contributed by atoms with E-state index in [0.717, 1.165) is 18.9 Å². The van der Waals surface area contributed by atoms with E-state index < -0.39 is 5.97 Å². The first-order valence-corrected chi connectivity index (χ1v) is 8.78. The molecule has 1 aromatic rings. The number of aliphatic carboxylic acids is 1. The molecule has 0 unspecified atom stereocenters. The molecule has 0 bridgehead atoms. The van der Waals surface area contributed by atoms with Crippen LogP contribution in [0.4, 0.5) is 5.69 Å². The van der Waals surface area contributed by atoms with E-state index in [1.165, 1.54) is 56.2 Å². The number of hydrogen-bond donors (Lipinski definition) is 2. The molecular formula is C19H29NO2. The van der Waals surface area contributed by atoms with Gasteiger partial charge in [0, 0.05) is 18.7 Å². The lowest BCUT2D eigenvalue weighted by Crippen LogP contribution is -2.15. The van der Waals surface area contributed by atoms with Crippen molar-refractivity contribution in [1.29, 1.82) is 0 Å². The van der Waals surface area contributed by atoms with Gasteiger partial charge in [-0.25, -0.2) is 0 Å². The van der Waals surface area contributed by atoms with Gasteiger partial charge in [0.1, 0.15) is 0 Å². The molecular weight excluding hydrogens is 274 g/mol. The molecule has 2 N–H and O–H groups in total. The minimum absolute atomic E-state index is 0.252. The van der Waals surface area contributed by atoms with E-state index >= 15 is 0 Å². The van der Waals surface area contributed by atoms with Crippen molar-refractivity contribution in [3.63, 3.8) is 0 Å². The van der Waals surface area contributed by atoms with Crippen LogP contribution in [0.3, 0.4) is 0 Å². The molecule has 0 saturated heterocycles. The minimum Gasteiger partial charge on any atom is -0.481 e. The highest BCUT2D eigenvalue weighted by molar-refractivity contribution is 5.66. The Morgan fingerprint density at radius 3 is 2.32 bits per heavy atom. The predicted octanol–water partition coefficient (Wildman–Crippen LogP) is 4.87. The molecule has 1 fully saturated rings. The summed E-state index contributed by atoms with van der Waals surface area (Å²) < 4.78 is 0. The Kier molecular flexibility index (Phi) is 7.27. The largest absolute Gasteiger partial charge is 0.481 e. The fourth-order valence-electron chi connectivity index (χ4n) is 3.24. The lowest BCUT2D eigenvalue weighted by molar-refractivity contribution is -0.137. The number of anilines is 1. The van der Waals surface area contributed by atoms with Crippen LogP contribution < -0.4 is 5.32 Å². The molecule has 0 aliphatic heterocycles. The van der Waals surface area contributed by atoms with Crippen molar-refractivity contribution in [3.05, 3.63) is 29.8 Å². The van der Waals surface area contributed by atoms with Gasteiger partial charge in [0.05, 0.1) is 0 Å². The van der Waals surface area contributed by atoms with Gasteiger partial charge in [-0.05, 0) is 49.3 Å². The maximum Gasteiger partial charge on any atom is 0.303 e. The molecule has 0 amide bonds. The monoisotopic (exact) mass is 303 g/mol. The average Bonchev–Trinajstić information content (AvgIpc) is 2.47. The van der Waals surface area contributed by atoms with Crippen molar-refractivity contribution >= 4 is 11.7 Å². The fraction of sp³-hybridized carbons (Fsp3) is 0.632. The molecule has 1 saturated carbocycles. The van der Waals surface area contributed by atoms with E-state index in [2.05, 4.69) is 29.6 Å². The Balaban J connectivity index is 1.72. The summed E-state index contributed by atoms with van der Waals surface area (Å²) in [5.74, 6) is 0.105. The second-order valence-corrected chi connectivity index (χ2v) is 6.54. The zero-order valence-electron chi connectivity index (χ0n) is 13.5. The molecule has 22 heavy (non-hydrogen) atoms. The predicted molar refractivity (Wildman–Crippen MR) is 91.3 cm³/mol. The summed E-state index contributed by atoms with van der Waals surface area (Å²) in [6.45, 7) is 1.08. The molecule has 0 radical (unpaired) electrons. The number of carboxylic acids is 1. The van der Waals surface area contributed by atoms with Crippen LogP contribution in [0.2, 0.25) is 0 Å². The van der Waals surface area contributed by atoms with Gasteiger partial charge in [-0.15, -0.1) is 0 Å². The van der Waals surface area contributed by atoms with Gasteiger partial charge >= 0.3 is 5.97 Å². The van der Waals surface area contributed by atoms with Gasteiger partial charge in [-0.3, -0.25) is 4.79 Å². The van der Waals surface area contributed by atoms with Crippen LogP contribution in [-0.4, -0.2) is 17.6 Å². The van der Waals surface area contributed by atoms with Crippen LogP contribution in [0.1, 0.15) is 63.4 Å². The highest BCUT2D eigenvalue weighted by atomic mass is 16.4. The summed E-state index contributed by atoms with van der Waals surface area (Å²) in [5.41, 5.74) is 2.40. The van der Waals surface area contributed by atoms with Crippen LogP contribution in [0.25, 0.3) is 0 Å². The first kappa shape index (κ1) is 16.9.